The lowest BCUT2D eigenvalue weighted by molar-refractivity contribution is -0.115. The molecule has 0 bridgehead atoms. The van der Waals surface area contributed by atoms with Gasteiger partial charge >= 0.3 is 6.03 Å². The van der Waals surface area contributed by atoms with Crippen molar-refractivity contribution in [3.05, 3.63) is 83.9 Å². The number of nitrogens with zero attached hydrogens (tertiary/aromatic N) is 3. The fourth-order valence-corrected chi connectivity index (χ4v) is 6.32. The van der Waals surface area contributed by atoms with Crippen LogP contribution < -0.4 is 15.0 Å². The summed E-state index contributed by atoms with van der Waals surface area (Å²) in [5.41, 5.74) is 2.73. The lowest BCUT2D eigenvalue weighted by Crippen LogP contribution is -2.35. The minimum atomic E-state index is -0.349. The van der Waals surface area contributed by atoms with E-state index in [0.717, 1.165) is 23.1 Å². The van der Waals surface area contributed by atoms with E-state index in [-0.39, 0.29) is 23.6 Å². The van der Waals surface area contributed by atoms with Gasteiger partial charge in [0.25, 0.3) is 5.91 Å². The van der Waals surface area contributed by atoms with Crippen LogP contribution in [0.5, 0.6) is 11.5 Å². The summed E-state index contributed by atoms with van der Waals surface area (Å²) in [4.78, 5) is 47.9. The molecule has 2 aliphatic heterocycles. The molecular weight excluding hydrogens is 512 g/mol. The van der Waals surface area contributed by atoms with Crippen LogP contribution in [-0.2, 0) is 4.79 Å². The number of benzene rings is 2. The van der Waals surface area contributed by atoms with Gasteiger partial charge in [-0.25, -0.2) is 9.78 Å². The Balaban J connectivity index is 1.31. The number of aryl methyl sites for hydroxylation is 1. The lowest BCUT2D eigenvalue weighted by Gasteiger charge is -2.30. The van der Waals surface area contributed by atoms with E-state index in [1.165, 1.54) is 17.4 Å². The number of para-hydroxylation sites is 1. The van der Waals surface area contributed by atoms with Gasteiger partial charge in [-0.15, -0.1) is 11.3 Å². The van der Waals surface area contributed by atoms with E-state index in [9.17, 15) is 14.4 Å². The fourth-order valence-electron chi connectivity index (χ4n) is 5.24. The quantitative estimate of drug-likeness (QED) is 0.265. The van der Waals surface area contributed by atoms with Crippen LogP contribution in [0.3, 0.4) is 0 Å². The van der Waals surface area contributed by atoms with Crippen LogP contribution >= 0.6 is 11.3 Å². The number of carbonyl (C=O) groups excluding carboxylic acids is 3. The zero-order valence-electron chi connectivity index (χ0n) is 21.3. The summed E-state index contributed by atoms with van der Waals surface area (Å²) in [5.74, 6) is 1.35. The molecule has 0 radical (unpaired) electrons. The molecule has 1 saturated heterocycles. The highest BCUT2D eigenvalue weighted by Crippen LogP contribution is 2.47. The summed E-state index contributed by atoms with van der Waals surface area (Å²) in [6, 6.07) is 16.6. The van der Waals surface area contributed by atoms with E-state index in [1.807, 2.05) is 55.5 Å². The van der Waals surface area contributed by atoms with Crippen LogP contribution in [0.4, 0.5) is 21.9 Å². The Morgan fingerprint density at radius 3 is 2.74 bits per heavy atom. The lowest BCUT2D eigenvalue weighted by atomic mass is 10.0. The van der Waals surface area contributed by atoms with Crippen LogP contribution in [0.25, 0.3) is 10.2 Å². The van der Waals surface area contributed by atoms with Gasteiger partial charge in [-0.2, -0.15) is 0 Å². The summed E-state index contributed by atoms with van der Waals surface area (Å²) in [7, 11) is 0. The monoisotopic (exact) mass is 538 g/mol. The Labute approximate surface area is 229 Å². The molecule has 2 aromatic carbocycles. The zero-order valence-corrected chi connectivity index (χ0v) is 22.2. The molecule has 8 nitrogen and oxygen atoms in total. The maximum atomic E-state index is 13.6. The second-order valence-corrected chi connectivity index (χ2v) is 10.7. The van der Waals surface area contributed by atoms with Crippen molar-refractivity contribution in [1.82, 2.24) is 9.88 Å². The Morgan fingerprint density at radius 2 is 1.97 bits per heavy atom. The number of ether oxygens (including phenoxy) is 1. The average Bonchev–Trinajstić information content (AvgIpc) is 3.55. The third kappa shape index (κ3) is 4.55. The Hall–Kier alpha value is -4.50. The molecule has 3 amide bonds. The first-order chi connectivity index (χ1) is 18.9. The number of nitrogens with one attached hydrogen (secondary N) is 1. The number of carbonyl (C=O) groups is 3. The summed E-state index contributed by atoms with van der Waals surface area (Å²) < 4.78 is 5.96. The van der Waals surface area contributed by atoms with Crippen LogP contribution in [0.2, 0.25) is 0 Å². The van der Waals surface area contributed by atoms with Crippen molar-refractivity contribution in [2.45, 2.75) is 19.8 Å². The maximum absolute atomic E-state index is 13.6. The molecule has 0 aliphatic carbocycles. The van der Waals surface area contributed by atoms with Gasteiger partial charge in [0.2, 0.25) is 0 Å². The third-order valence-corrected chi connectivity index (χ3v) is 8.20. The minimum absolute atomic E-state index is 0.0117. The molecule has 9 heteroatoms. The Bertz CT molecular complexity index is 1630. The molecular formula is C30H26N4O4S. The van der Waals surface area contributed by atoms with Gasteiger partial charge in [0, 0.05) is 25.7 Å². The van der Waals surface area contributed by atoms with E-state index in [2.05, 4.69) is 16.9 Å². The number of hydrogen-bond acceptors (Lipinski definition) is 6. The summed E-state index contributed by atoms with van der Waals surface area (Å²) >= 11 is 1.28. The molecule has 0 unspecified atom stereocenters. The molecule has 2 aliphatic rings. The SMILES string of the molecule is C=CC(=O)C[C@H]1CCN(C(=O)c2sc3nccc4c3c2NC(=O)N4c2ccc(Oc3ccccc3)cc2C)C1. The van der Waals surface area contributed by atoms with E-state index in [1.54, 1.807) is 22.1 Å². The smallest absolute Gasteiger partial charge is 0.331 e. The van der Waals surface area contributed by atoms with Gasteiger partial charge in [-0.3, -0.25) is 14.5 Å². The van der Waals surface area contributed by atoms with Crippen molar-refractivity contribution < 1.29 is 19.1 Å². The average molecular weight is 539 g/mol. The summed E-state index contributed by atoms with van der Waals surface area (Å²) in [6.45, 7) is 6.54. The first-order valence-corrected chi connectivity index (χ1v) is 13.6. The Kier molecular flexibility index (Phi) is 6.36. The van der Waals surface area contributed by atoms with Crippen LogP contribution in [0, 0.1) is 12.8 Å². The third-order valence-electron chi connectivity index (χ3n) is 7.12. The number of aromatic nitrogens is 1. The van der Waals surface area contributed by atoms with Crippen molar-refractivity contribution >= 4 is 56.3 Å². The van der Waals surface area contributed by atoms with Gasteiger partial charge in [-0.05, 0) is 67.3 Å². The standard InChI is InChI=1S/C30H26N4O4S/c1-3-20(35)16-19-12-14-33(17-19)29(36)27-26-25-24(11-13-31-28(25)39-27)34(30(37)32-26)23-10-9-22(15-18(23)2)38-21-7-5-4-6-8-21/h3-11,13,15,19H,1,12,14,16-17H2,2H3,(H,32,37)/t19-/m1/s1. The Morgan fingerprint density at radius 1 is 1.15 bits per heavy atom. The van der Waals surface area contributed by atoms with Crippen LogP contribution in [-0.4, -0.2) is 40.7 Å². The number of hydrogen-bond donors (Lipinski definition) is 1. The molecule has 39 heavy (non-hydrogen) atoms. The number of rotatable bonds is 7. The first-order valence-electron chi connectivity index (χ1n) is 12.7. The van der Waals surface area contributed by atoms with E-state index in [4.69, 9.17) is 4.74 Å². The highest BCUT2D eigenvalue weighted by atomic mass is 32.1. The van der Waals surface area contributed by atoms with Gasteiger partial charge in [0.1, 0.15) is 21.2 Å². The second kappa shape index (κ2) is 9.99. The maximum Gasteiger partial charge on any atom is 0.331 e. The topological polar surface area (TPSA) is 91.8 Å². The van der Waals surface area contributed by atoms with Crippen molar-refractivity contribution in [2.24, 2.45) is 5.92 Å². The van der Waals surface area contributed by atoms with E-state index >= 15 is 0 Å². The van der Waals surface area contributed by atoms with Crippen LogP contribution in [0.1, 0.15) is 28.1 Å². The normalized spacial score (nSPS) is 16.3. The number of urea groups is 1. The molecule has 1 N–H and O–H groups in total. The molecule has 6 rings (SSSR count). The number of thiophene rings is 1. The van der Waals surface area contributed by atoms with E-state index in [0.29, 0.717) is 52.0 Å². The number of amides is 3. The molecule has 4 aromatic rings. The molecule has 1 fully saturated rings. The zero-order chi connectivity index (χ0) is 27.1. The van der Waals surface area contributed by atoms with E-state index < -0.39 is 0 Å². The second-order valence-electron chi connectivity index (χ2n) is 9.73. The first kappa shape index (κ1) is 24.8. The van der Waals surface area contributed by atoms with Crippen molar-refractivity contribution in [3.8, 4) is 11.5 Å². The molecule has 2 aromatic heterocycles. The predicted molar refractivity (Wildman–Crippen MR) is 152 cm³/mol. The molecule has 1 atom stereocenters. The number of ketones is 1. The molecule has 0 saturated carbocycles. The largest absolute Gasteiger partial charge is 0.457 e. The number of anilines is 3. The number of allylic oxidation sites excluding steroid dienone is 1. The van der Waals surface area contributed by atoms with Crippen molar-refractivity contribution in [2.75, 3.05) is 23.3 Å². The number of likely N-dealkylation sites (tertiary alicyclic amines) is 1. The number of pyridine rings is 1. The minimum Gasteiger partial charge on any atom is -0.457 e. The predicted octanol–water partition coefficient (Wildman–Crippen LogP) is 6.69. The van der Waals surface area contributed by atoms with Crippen LogP contribution in [0.15, 0.2) is 73.4 Å². The molecule has 4 heterocycles. The van der Waals surface area contributed by atoms with Crippen molar-refractivity contribution in [1.29, 1.82) is 0 Å². The summed E-state index contributed by atoms with van der Waals surface area (Å²) in [5, 5.41) is 3.71. The summed E-state index contributed by atoms with van der Waals surface area (Å²) in [6.07, 6.45) is 4.14. The van der Waals surface area contributed by atoms with Crippen molar-refractivity contribution in [3.63, 3.8) is 0 Å². The van der Waals surface area contributed by atoms with Gasteiger partial charge in [0.05, 0.1) is 22.4 Å². The molecule has 0 spiro atoms. The van der Waals surface area contributed by atoms with Gasteiger partial charge < -0.3 is 15.0 Å². The highest BCUT2D eigenvalue weighted by Gasteiger charge is 2.36. The highest BCUT2D eigenvalue weighted by molar-refractivity contribution is 7.21. The van der Waals surface area contributed by atoms with Gasteiger partial charge in [-0.1, -0.05) is 24.8 Å². The fraction of sp³-hybridized carbons (Fsp3) is 0.200. The van der Waals surface area contributed by atoms with Gasteiger partial charge in [0.15, 0.2) is 5.78 Å². The molecule has 196 valence electrons.